The van der Waals surface area contributed by atoms with E-state index in [2.05, 4.69) is 19.2 Å². The summed E-state index contributed by atoms with van der Waals surface area (Å²) in [5.41, 5.74) is 6.01. The van der Waals surface area contributed by atoms with Gasteiger partial charge in [0.05, 0.1) is 0 Å². The van der Waals surface area contributed by atoms with E-state index < -0.39 is 0 Å². The van der Waals surface area contributed by atoms with Crippen molar-refractivity contribution >= 4 is 5.91 Å². The van der Waals surface area contributed by atoms with Crippen LogP contribution in [0.4, 0.5) is 0 Å². The second-order valence-corrected chi connectivity index (χ2v) is 6.40. The van der Waals surface area contributed by atoms with Crippen LogP contribution in [0, 0.1) is 17.8 Å². The van der Waals surface area contributed by atoms with E-state index >= 15 is 0 Å². The van der Waals surface area contributed by atoms with E-state index in [1.807, 2.05) is 0 Å². The molecule has 1 aliphatic carbocycles. The van der Waals surface area contributed by atoms with Gasteiger partial charge in [0, 0.05) is 31.2 Å². The summed E-state index contributed by atoms with van der Waals surface area (Å²) in [6, 6.07) is 0.541. The second kappa shape index (κ2) is 6.71. The first-order chi connectivity index (χ1) is 9.08. The standard InChI is InChI=1S/C15H28N2O2/c1-10-9-13(3-4-14(10)16)15(18)17-11(2)12-5-7-19-8-6-12/h10-14H,3-9,16H2,1-2H3,(H,17,18). The topological polar surface area (TPSA) is 64.3 Å². The molecule has 2 rings (SSSR count). The molecule has 2 aliphatic rings. The minimum absolute atomic E-state index is 0.164. The molecule has 0 aromatic rings. The Labute approximate surface area is 116 Å². The number of carbonyl (C=O) groups excluding carboxylic acids is 1. The lowest BCUT2D eigenvalue weighted by molar-refractivity contribution is -0.127. The molecule has 1 heterocycles. The molecule has 0 bridgehead atoms. The fraction of sp³-hybridized carbons (Fsp3) is 0.933. The molecule has 4 heteroatoms. The molecule has 0 aromatic carbocycles. The highest BCUT2D eigenvalue weighted by Crippen LogP contribution is 2.28. The van der Waals surface area contributed by atoms with Crippen LogP contribution < -0.4 is 11.1 Å². The Morgan fingerprint density at radius 3 is 2.58 bits per heavy atom. The van der Waals surface area contributed by atoms with Gasteiger partial charge in [-0.1, -0.05) is 6.92 Å². The van der Waals surface area contributed by atoms with Crippen molar-refractivity contribution in [1.82, 2.24) is 5.32 Å². The predicted octanol–water partition coefficient (Wildman–Crippen LogP) is 1.68. The molecular formula is C15H28N2O2. The molecule has 2 fully saturated rings. The van der Waals surface area contributed by atoms with Crippen LogP contribution in [-0.2, 0) is 9.53 Å². The third-order valence-corrected chi connectivity index (χ3v) is 4.95. The third-order valence-electron chi connectivity index (χ3n) is 4.95. The van der Waals surface area contributed by atoms with Crippen LogP contribution >= 0.6 is 0 Å². The van der Waals surface area contributed by atoms with E-state index in [1.54, 1.807) is 0 Å². The molecule has 110 valence electrons. The van der Waals surface area contributed by atoms with Crippen molar-refractivity contribution in [3.63, 3.8) is 0 Å². The summed E-state index contributed by atoms with van der Waals surface area (Å²) in [6.07, 6.45) is 4.98. The maximum atomic E-state index is 12.3. The second-order valence-electron chi connectivity index (χ2n) is 6.40. The van der Waals surface area contributed by atoms with E-state index in [0.29, 0.717) is 11.8 Å². The van der Waals surface area contributed by atoms with Gasteiger partial charge in [0.15, 0.2) is 0 Å². The van der Waals surface area contributed by atoms with E-state index in [9.17, 15) is 4.79 Å². The van der Waals surface area contributed by atoms with Gasteiger partial charge in [0.2, 0.25) is 5.91 Å². The molecule has 1 aliphatic heterocycles. The van der Waals surface area contributed by atoms with Crippen LogP contribution in [0.15, 0.2) is 0 Å². The zero-order valence-corrected chi connectivity index (χ0v) is 12.2. The van der Waals surface area contributed by atoms with Crippen molar-refractivity contribution in [2.24, 2.45) is 23.5 Å². The van der Waals surface area contributed by atoms with Crippen molar-refractivity contribution < 1.29 is 9.53 Å². The SMILES string of the molecule is CC1CC(C(=O)NC(C)C2CCOCC2)CCC1N. The fourth-order valence-electron chi connectivity index (χ4n) is 3.33. The van der Waals surface area contributed by atoms with Gasteiger partial charge in [-0.15, -0.1) is 0 Å². The minimum atomic E-state index is 0.164. The molecule has 1 amide bonds. The number of amides is 1. The first-order valence-corrected chi connectivity index (χ1v) is 7.71. The minimum Gasteiger partial charge on any atom is -0.381 e. The largest absolute Gasteiger partial charge is 0.381 e. The Morgan fingerprint density at radius 1 is 1.26 bits per heavy atom. The van der Waals surface area contributed by atoms with E-state index in [-0.39, 0.29) is 23.9 Å². The van der Waals surface area contributed by atoms with Gasteiger partial charge >= 0.3 is 0 Å². The van der Waals surface area contributed by atoms with Crippen LogP contribution in [0.25, 0.3) is 0 Å². The summed E-state index contributed by atoms with van der Waals surface area (Å²) in [6.45, 7) is 5.96. The maximum absolute atomic E-state index is 12.3. The fourth-order valence-corrected chi connectivity index (χ4v) is 3.33. The van der Waals surface area contributed by atoms with Gasteiger partial charge in [0.25, 0.3) is 0 Å². The number of ether oxygens (including phenoxy) is 1. The number of hydrogen-bond donors (Lipinski definition) is 2. The van der Waals surface area contributed by atoms with Gasteiger partial charge in [-0.3, -0.25) is 4.79 Å². The van der Waals surface area contributed by atoms with Gasteiger partial charge in [-0.25, -0.2) is 0 Å². The Kier molecular flexibility index (Phi) is 5.22. The summed E-state index contributed by atoms with van der Waals surface area (Å²) in [5.74, 6) is 1.43. The monoisotopic (exact) mass is 268 g/mol. The number of hydrogen-bond acceptors (Lipinski definition) is 3. The van der Waals surface area contributed by atoms with Crippen molar-refractivity contribution in [1.29, 1.82) is 0 Å². The first-order valence-electron chi connectivity index (χ1n) is 7.71. The summed E-state index contributed by atoms with van der Waals surface area (Å²) in [4.78, 5) is 12.3. The quantitative estimate of drug-likeness (QED) is 0.818. The molecule has 4 nitrogen and oxygen atoms in total. The van der Waals surface area contributed by atoms with Gasteiger partial charge in [-0.05, 0) is 50.9 Å². The van der Waals surface area contributed by atoms with Crippen molar-refractivity contribution in [3.8, 4) is 0 Å². The molecule has 0 aromatic heterocycles. The smallest absolute Gasteiger partial charge is 0.223 e. The molecule has 0 radical (unpaired) electrons. The van der Waals surface area contributed by atoms with Crippen molar-refractivity contribution in [2.75, 3.05) is 13.2 Å². The van der Waals surface area contributed by atoms with Crippen LogP contribution in [-0.4, -0.2) is 31.2 Å². The van der Waals surface area contributed by atoms with Crippen LogP contribution in [0.1, 0.15) is 46.0 Å². The van der Waals surface area contributed by atoms with E-state index in [0.717, 1.165) is 45.3 Å². The number of carbonyl (C=O) groups is 1. The van der Waals surface area contributed by atoms with Crippen molar-refractivity contribution in [3.05, 3.63) is 0 Å². The van der Waals surface area contributed by atoms with Crippen LogP contribution in [0.3, 0.4) is 0 Å². The molecule has 1 saturated heterocycles. The van der Waals surface area contributed by atoms with Gasteiger partial charge in [-0.2, -0.15) is 0 Å². The molecular weight excluding hydrogens is 240 g/mol. The van der Waals surface area contributed by atoms with E-state index in [4.69, 9.17) is 10.5 Å². The first kappa shape index (κ1) is 14.8. The number of nitrogens with two attached hydrogens (primary N) is 1. The number of rotatable bonds is 3. The Hall–Kier alpha value is -0.610. The zero-order valence-electron chi connectivity index (χ0n) is 12.2. The summed E-state index contributed by atoms with van der Waals surface area (Å²) in [5, 5.41) is 3.22. The average molecular weight is 268 g/mol. The van der Waals surface area contributed by atoms with E-state index in [1.165, 1.54) is 0 Å². The molecule has 1 saturated carbocycles. The lowest BCUT2D eigenvalue weighted by atomic mass is 9.78. The summed E-state index contributed by atoms with van der Waals surface area (Å²) < 4.78 is 5.37. The highest BCUT2D eigenvalue weighted by molar-refractivity contribution is 5.79. The Balaban J connectivity index is 1.79. The average Bonchev–Trinajstić information content (AvgIpc) is 2.42. The maximum Gasteiger partial charge on any atom is 0.223 e. The highest BCUT2D eigenvalue weighted by atomic mass is 16.5. The lowest BCUT2D eigenvalue weighted by Gasteiger charge is -2.33. The molecule has 0 spiro atoms. The molecule has 3 N–H and O–H groups in total. The van der Waals surface area contributed by atoms with Gasteiger partial charge in [0.1, 0.15) is 0 Å². The van der Waals surface area contributed by atoms with Gasteiger partial charge < -0.3 is 15.8 Å². The number of nitrogens with one attached hydrogen (secondary N) is 1. The lowest BCUT2D eigenvalue weighted by Crippen LogP contribution is -2.45. The highest BCUT2D eigenvalue weighted by Gasteiger charge is 2.31. The van der Waals surface area contributed by atoms with Crippen molar-refractivity contribution in [2.45, 2.75) is 58.0 Å². The summed E-state index contributed by atoms with van der Waals surface area (Å²) in [7, 11) is 0. The molecule has 19 heavy (non-hydrogen) atoms. The third kappa shape index (κ3) is 3.93. The molecule has 4 unspecified atom stereocenters. The Bertz CT molecular complexity index is 303. The van der Waals surface area contributed by atoms with Crippen LogP contribution in [0.2, 0.25) is 0 Å². The summed E-state index contributed by atoms with van der Waals surface area (Å²) >= 11 is 0. The Morgan fingerprint density at radius 2 is 1.95 bits per heavy atom. The zero-order chi connectivity index (χ0) is 13.8. The van der Waals surface area contributed by atoms with Crippen LogP contribution in [0.5, 0.6) is 0 Å². The molecule has 4 atom stereocenters. The normalized spacial score (nSPS) is 34.8. The predicted molar refractivity (Wildman–Crippen MR) is 75.6 cm³/mol.